The Morgan fingerprint density at radius 2 is 2.08 bits per heavy atom. The first-order chi connectivity index (χ1) is 12.2. The number of fused-ring (bicyclic) bond motifs is 1. The zero-order valence-electron chi connectivity index (χ0n) is 13.6. The largest absolute Gasteiger partial charge is 0.355 e. The lowest BCUT2D eigenvalue weighted by atomic mass is 10.2. The fourth-order valence-corrected chi connectivity index (χ4v) is 2.77. The topological polar surface area (TPSA) is 79.2 Å². The van der Waals surface area contributed by atoms with Crippen molar-refractivity contribution in [2.75, 3.05) is 11.9 Å². The number of H-pyrrole nitrogens is 1. The molecule has 1 N–H and O–H groups in total. The van der Waals surface area contributed by atoms with Crippen molar-refractivity contribution >= 4 is 17.8 Å². The molecule has 124 valence electrons. The summed E-state index contributed by atoms with van der Waals surface area (Å²) in [7, 11) is 1.99. The third kappa shape index (κ3) is 2.87. The fourth-order valence-electron chi connectivity index (χ4n) is 2.77. The highest BCUT2D eigenvalue weighted by molar-refractivity contribution is 5.76. The summed E-state index contributed by atoms with van der Waals surface area (Å²) in [6, 6.07) is 13.8. The number of carbonyl (C=O) groups excluding carboxylic acids is 1. The maximum atomic E-state index is 11.1. The number of anilines is 1. The minimum Gasteiger partial charge on any atom is -0.355 e. The molecule has 3 aromatic heterocycles. The van der Waals surface area contributed by atoms with Crippen LogP contribution < -0.4 is 4.90 Å². The van der Waals surface area contributed by atoms with Gasteiger partial charge in [0.05, 0.1) is 11.9 Å². The van der Waals surface area contributed by atoms with E-state index in [9.17, 15) is 4.79 Å². The molecule has 0 atom stereocenters. The molecule has 4 aromatic rings. The van der Waals surface area contributed by atoms with Gasteiger partial charge in [-0.05, 0) is 5.56 Å². The summed E-state index contributed by atoms with van der Waals surface area (Å²) >= 11 is 0. The first-order valence-corrected chi connectivity index (χ1v) is 7.85. The zero-order chi connectivity index (χ0) is 17.2. The summed E-state index contributed by atoms with van der Waals surface area (Å²) < 4.78 is 1.66. The van der Waals surface area contributed by atoms with Crippen molar-refractivity contribution in [3.63, 3.8) is 0 Å². The summed E-state index contributed by atoms with van der Waals surface area (Å²) in [5.41, 5.74) is 3.86. The fraction of sp³-hybridized carbons (Fsp3) is 0.111. The van der Waals surface area contributed by atoms with Crippen molar-refractivity contribution in [1.82, 2.24) is 24.8 Å². The van der Waals surface area contributed by atoms with Crippen LogP contribution in [0.5, 0.6) is 0 Å². The van der Waals surface area contributed by atoms with Crippen molar-refractivity contribution in [1.29, 1.82) is 0 Å². The van der Waals surface area contributed by atoms with Crippen molar-refractivity contribution in [3.8, 4) is 11.3 Å². The second kappa shape index (κ2) is 6.20. The van der Waals surface area contributed by atoms with E-state index >= 15 is 0 Å². The Labute approximate surface area is 143 Å². The average Bonchev–Trinajstić information content (AvgIpc) is 3.31. The number of aromatic amines is 1. The van der Waals surface area contributed by atoms with E-state index < -0.39 is 0 Å². The number of hydrogen-bond acceptors (Lipinski definition) is 5. The van der Waals surface area contributed by atoms with Crippen LogP contribution >= 0.6 is 0 Å². The smallest absolute Gasteiger partial charge is 0.170 e. The Morgan fingerprint density at radius 1 is 1.24 bits per heavy atom. The van der Waals surface area contributed by atoms with Gasteiger partial charge in [0.1, 0.15) is 11.5 Å². The van der Waals surface area contributed by atoms with Crippen LogP contribution in [0.1, 0.15) is 16.1 Å². The van der Waals surface area contributed by atoms with Gasteiger partial charge in [0.2, 0.25) is 0 Å². The highest BCUT2D eigenvalue weighted by Crippen LogP contribution is 2.24. The SMILES string of the molecule is CN(Cc1ccccc1)c1cc(-c2cn[nH]c2)n2nc(C=O)cc2n1. The van der Waals surface area contributed by atoms with Crippen LogP contribution in [0.15, 0.2) is 54.9 Å². The predicted octanol–water partition coefficient (Wildman–Crippen LogP) is 2.57. The minimum atomic E-state index is 0.347. The standard InChI is InChI=1S/C18H16N6O/c1-23(11-13-5-3-2-4-6-13)17-8-16(14-9-19-20-10-14)24-18(21-17)7-15(12-25)22-24/h2-10,12H,11H2,1H3,(H,19,20). The summed E-state index contributed by atoms with van der Waals surface area (Å²) in [5.74, 6) is 0.796. The molecular weight excluding hydrogens is 316 g/mol. The molecule has 0 spiro atoms. The number of nitrogens with zero attached hydrogens (tertiary/aromatic N) is 5. The molecular formula is C18H16N6O. The third-order valence-electron chi connectivity index (χ3n) is 4.00. The van der Waals surface area contributed by atoms with Crippen LogP contribution in [0.4, 0.5) is 5.82 Å². The third-order valence-corrected chi connectivity index (χ3v) is 4.00. The maximum Gasteiger partial charge on any atom is 0.170 e. The van der Waals surface area contributed by atoms with Crippen LogP contribution in [0, 0.1) is 0 Å². The molecule has 7 nitrogen and oxygen atoms in total. The lowest BCUT2D eigenvalue weighted by Gasteiger charge is -2.19. The number of aromatic nitrogens is 5. The molecule has 0 aliphatic heterocycles. The van der Waals surface area contributed by atoms with E-state index in [1.54, 1.807) is 23.0 Å². The molecule has 0 aliphatic carbocycles. The molecule has 3 heterocycles. The number of nitrogens with one attached hydrogen (secondary N) is 1. The highest BCUT2D eigenvalue weighted by Gasteiger charge is 2.14. The van der Waals surface area contributed by atoms with Gasteiger partial charge in [0.15, 0.2) is 11.9 Å². The van der Waals surface area contributed by atoms with Crippen LogP contribution in [0.25, 0.3) is 16.9 Å². The molecule has 0 fully saturated rings. The lowest BCUT2D eigenvalue weighted by Crippen LogP contribution is -2.18. The van der Waals surface area contributed by atoms with Gasteiger partial charge in [-0.2, -0.15) is 10.2 Å². The predicted molar refractivity (Wildman–Crippen MR) is 94.5 cm³/mol. The molecule has 25 heavy (non-hydrogen) atoms. The summed E-state index contributed by atoms with van der Waals surface area (Å²) in [5, 5.41) is 11.1. The van der Waals surface area contributed by atoms with E-state index in [4.69, 9.17) is 0 Å². The molecule has 0 saturated heterocycles. The molecule has 0 aliphatic rings. The number of rotatable bonds is 5. The lowest BCUT2D eigenvalue weighted by molar-refractivity contribution is 0.111. The molecule has 0 saturated carbocycles. The van der Waals surface area contributed by atoms with E-state index in [0.717, 1.165) is 29.9 Å². The van der Waals surface area contributed by atoms with Gasteiger partial charge in [0, 0.05) is 37.5 Å². The van der Waals surface area contributed by atoms with Crippen LogP contribution in [-0.2, 0) is 6.54 Å². The van der Waals surface area contributed by atoms with Gasteiger partial charge >= 0.3 is 0 Å². The van der Waals surface area contributed by atoms with Crippen molar-refractivity contribution < 1.29 is 4.79 Å². The van der Waals surface area contributed by atoms with Crippen LogP contribution in [-0.4, -0.2) is 38.1 Å². The Kier molecular flexibility index (Phi) is 3.74. The van der Waals surface area contributed by atoms with Crippen molar-refractivity contribution in [3.05, 3.63) is 66.1 Å². The van der Waals surface area contributed by atoms with Gasteiger partial charge < -0.3 is 4.90 Å². The Morgan fingerprint density at radius 3 is 2.80 bits per heavy atom. The van der Waals surface area contributed by atoms with Crippen LogP contribution in [0.3, 0.4) is 0 Å². The molecule has 0 radical (unpaired) electrons. The van der Waals surface area contributed by atoms with E-state index in [0.29, 0.717) is 11.3 Å². The van der Waals surface area contributed by atoms with Gasteiger partial charge in [-0.15, -0.1) is 0 Å². The second-order valence-corrected chi connectivity index (χ2v) is 5.79. The number of hydrogen-bond donors (Lipinski definition) is 1. The summed E-state index contributed by atoms with van der Waals surface area (Å²) in [4.78, 5) is 17.8. The average molecular weight is 332 g/mol. The molecule has 4 rings (SSSR count). The quantitative estimate of drug-likeness (QED) is 0.568. The molecule has 0 unspecified atom stereocenters. The number of carbonyl (C=O) groups is 1. The van der Waals surface area contributed by atoms with Gasteiger partial charge in [0.25, 0.3) is 0 Å². The first-order valence-electron chi connectivity index (χ1n) is 7.85. The normalized spacial score (nSPS) is 10.9. The molecule has 0 amide bonds. The minimum absolute atomic E-state index is 0.347. The number of aldehydes is 1. The van der Waals surface area contributed by atoms with Crippen molar-refractivity contribution in [2.45, 2.75) is 6.54 Å². The van der Waals surface area contributed by atoms with Gasteiger partial charge in [-0.1, -0.05) is 30.3 Å². The Bertz CT molecular complexity index is 1010. The van der Waals surface area contributed by atoms with E-state index in [1.807, 2.05) is 31.3 Å². The van der Waals surface area contributed by atoms with E-state index in [-0.39, 0.29) is 0 Å². The highest BCUT2D eigenvalue weighted by atomic mass is 16.1. The maximum absolute atomic E-state index is 11.1. The van der Waals surface area contributed by atoms with Gasteiger partial charge in [-0.25, -0.2) is 9.50 Å². The van der Waals surface area contributed by atoms with E-state index in [2.05, 4.69) is 37.3 Å². The zero-order valence-corrected chi connectivity index (χ0v) is 13.6. The second-order valence-electron chi connectivity index (χ2n) is 5.79. The summed E-state index contributed by atoms with van der Waals surface area (Å²) in [6.07, 6.45) is 4.23. The van der Waals surface area contributed by atoms with Crippen molar-refractivity contribution in [2.24, 2.45) is 0 Å². The van der Waals surface area contributed by atoms with Crippen LogP contribution in [0.2, 0.25) is 0 Å². The Balaban J connectivity index is 1.80. The van der Waals surface area contributed by atoms with E-state index in [1.165, 1.54) is 5.56 Å². The molecule has 0 bridgehead atoms. The molecule has 7 heteroatoms. The Hall–Kier alpha value is -3.48. The molecule has 1 aromatic carbocycles. The first kappa shape index (κ1) is 15.1. The monoisotopic (exact) mass is 332 g/mol. The number of benzene rings is 1. The summed E-state index contributed by atoms with van der Waals surface area (Å²) in [6.45, 7) is 0.726. The van der Waals surface area contributed by atoms with Gasteiger partial charge in [-0.3, -0.25) is 9.89 Å².